The maximum absolute atomic E-state index is 3.83. The summed E-state index contributed by atoms with van der Waals surface area (Å²) in [5, 5.41) is 0. The Morgan fingerprint density at radius 2 is 1.57 bits per heavy atom. The van der Waals surface area contributed by atoms with E-state index in [2.05, 4.69) is 87.8 Å². The molecule has 2 aromatic carbocycles. The molecule has 0 radical (unpaired) electrons. The van der Waals surface area contributed by atoms with Gasteiger partial charge in [-0.3, -0.25) is 4.90 Å². The van der Waals surface area contributed by atoms with Crippen LogP contribution in [0, 0.1) is 0 Å². The van der Waals surface area contributed by atoms with Gasteiger partial charge < -0.3 is 0 Å². The van der Waals surface area contributed by atoms with E-state index in [1.807, 2.05) is 6.08 Å². The Morgan fingerprint density at radius 3 is 2.13 bits per heavy atom. The van der Waals surface area contributed by atoms with Gasteiger partial charge in [-0.25, -0.2) is 0 Å². The molecule has 124 valence electrons. The van der Waals surface area contributed by atoms with E-state index in [9.17, 15) is 0 Å². The zero-order valence-electron chi connectivity index (χ0n) is 14.7. The molecular weight excluding hydrogens is 302 g/mol. The van der Waals surface area contributed by atoms with Gasteiger partial charge in [0.15, 0.2) is 0 Å². The van der Waals surface area contributed by atoms with E-state index in [1.165, 1.54) is 22.3 Å². The normalized spacial score (nSPS) is 11.2. The molecule has 23 heavy (non-hydrogen) atoms. The van der Waals surface area contributed by atoms with Crippen LogP contribution in [-0.4, -0.2) is 11.9 Å². The molecule has 0 saturated heterocycles. The van der Waals surface area contributed by atoms with E-state index in [4.69, 9.17) is 0 Å². The molecule has 0 unspecified atom stereocenters. The molecule has 0 saturated carbocycles. The fraction of sp³-hybridized carbons (Fsp3) is 0.333. The van der Waals surface area contributed by atoms with Crippen LogP contribution in [0.4, 0.5) is 0 Å². The summed E-state index contributed by atoms with van der Waals surface area (Å²) in [6.07, 6.45) is 1.90. The number of rotatable bonds is 5. The Hall–Kier alpha value is -1.57. The average molecular weight is 330 g/mol. The van der Waals surface area contributed by atoms with E-state index in [0.29, 0.717) is 0 Å². The fourth-order valence-electron chi connectivity index (χ4n) is 2.61. The van der Waals surface area contributed by atoms with Crippen LogP contribution in [0.1, 0.15) is 43.0 Å². The van der Waals surface area contributed by atoms with Crippen molar-refractivity contribution in [3.05, 3.63) is 77.4 Å². The summed E-state index contributed by atoms with van der Waals surface area (Å²) in [6, 6.07) is 17.6. The zero-order chi connectivity index (χ0) is 16.2. The second kappa shape index (κ2) is 8.33. The van der Waals surface area contributed by atoms with E-state index < -0.39 is 0 Å². The minimum atomic E-state index is 0. The molecule has 0 aliphatic carbocycles. The monoisotopic (exact) mass is 329 g/mol. The van der Waals surface area contributed by atoms with Gasteiger partial charge in [-0.2, -0.15) is 0 Å². The smallest absolute Gasteiger partial charge is 0.0234 e. The SMILES string of the molecule is C=Cc1cccc(CN(C)Cc2ccc(C(C)(C)C)cc2)c1.Cl. The van der Waals surface area contributed by atoms with Gasteiger partial charge in [0.2, 0.25) is 0 Å². The number of hydrogen-bond donors (Lipinski definition) is 0. The van der Waals surface area contributed by atoms with Crippen molar-refractivity contribution in [3.63, 3.8) is 0 Å². The summed E-state index contributed by atoms with van der Waals surface area (Å²) in [4.78, 5) is 2.34. The number of benzene rings is 2. The van der Waals surface area contributed by atoms with Gasteiger partial charge in [-0.1, -0.05) is 82.0 Å². The Morgan fingerprint density at radius 1 is 0.957 bits per heavy atom. The van der Waals surface area contributed by atoms with Crippen molar-refractivity contribution in [2.24, 2.45) is 0 Å². The molecular formula is C21H28ClN. The molecule has 0 heterocycles. The van der Waals surface area contributed by atoms with E-state index >= 15 is 0 Å². The lowest BCUT2D eigenvalue weighted by atomic mass is 9.87. The van der Waals surface area contributed by atoms with Crippen molar-refractivity contribution in [3.8, 4) is 0 Å². The third-order valence-electron chi connectivity index (χ3n) is 3.91. The maximum Gasteiger partial charge on any atom is 0.0234 e. The maximum atomic E-state index is 3.83. The van der Waals surface area contributed by atoms with E-state index in [-0.39, 0.29) is 17.8 Å². The molecule has 0 aromatic heterocycles. The van der Waals surface area contributed by atoms with Crippen molar-refractivity contribution < 1.29 is 0 Å². The molecule has 0 atom stereocenters. The topological polar surface area (TPSA) is 3.24 Å². The van der Waals surface area contributed by atoms with Gasteiger partial charge in [0.05, 0.1) is 0 Å². The fourth-order valence-corrected chi connectivity index (χ4v) is 2.61. The van der Waals surface area contributed by atoms with Crippen molar-refractivity contribution in [1.82, 2.24) is 4.90 Å². The summed E-state index contributed by atoms with van der Waals surface area (Å²) >= 11 is 0. The van der Waals surface area contributed by atoms with Crippen LogP contribution < -0.4 is 0 Å². The zero-order valence-corrected chi connectivity index (χ0v) is 15.5. The summed E-state index contributed by atoms with van der Waals surface area (Å²) in [6.45, 7) is 12.5. The highest BCUT2D eigenvalue weighted by atomic mass is 35.5. The molecule has 2 rings (SSSR count). The minimum Gasteiger partial charge on any atom is -0.298 e. The summed E-state index contributed by atoms with van der Waals surface area (Å²) < 4.78 is 0. The van der Waals surface area contributed by atoms with Crippen LogP contribution in [-0.2, 0) is 18.5 Å². The van der Waals surface area contributed by atoms with Gasteiger partial charge in [0.25, 0.3) is 0 Å². The molecule has 1 nitrogen and oxygen atoms in total. The average Bonchev–Trinajstić information content (AvgIpc) is 2.47. The summed E-state index contributed by atoms with van der Waals surface area (Å²) in [5.74, 6) is 0. The van der Waals surface area contributed by atoms with Gasteiger partial charge in [-0.05, 0) is 34.7 Å². The largest absolute Gasteiger partial charge is 0.298 e. The van der Waals surface area contributed by atoms with E-state index in [1.54, 1.807) is 0 Å². The Kier molecular flexibility index (Phi) is 7.05. The third-order valence-corrected chi connectivity index (χ3v) is 3.91. The molecule has 0 fully saturated rings. The van der Waals surface area contributed by atoms with Crippen LogP contribution in [0.15, 0.2) is 55.1 Å². The lowest BCUT2D eigenvalue weighted by Gasteiger charge is -2.21. The van der Waals surface area contributed by atoms with Crippen LogP contribution in [0.5, 0.6) is 0 Å². The highest BCUT2D eigenvalue weighted by Gasteiger charge is 2.13. The molecule has 0 amide bonds. The molecule has 0 aliphatic rings. The van der Waals surface area contributed by atoms with Gasteiger partial charge in [0.1, 0.15) is 0 Å². The van der Waals surface area contributed by atoms with Crippen LogP contribution in [0.2, 0.25) is 0 Å². The van der Waals surface area contributed by atoms with Gasteiger partial charge in [-0.15, -0.1) is 12.4 Å². The Labute approximate surface area is 147 Å². The van der Waals surface area contributed by atoms with Crippen molar-refractivity contribution in [2.45, 2.75) is 39.3 Å². The number of nitrogens with zero attached hydrogens (tertiary/aromatic N) is 1. The standard InChI is InChI=1S/C21H27N.ClH/c1-6-17-8-7-9-19(14-17)16-22(5)15-18-10-12-20(13-11-18)21(2,3)4;/h6-14H,1,15-16H2,2-5H3;1H. The van der Waals surface area contributed by atoms with Gasteiger partial charge >= 0.3 is 0 Å². The lowest BCUT2D eigenvalue weighted by molar-refractivity contribution is 0.319. The lowest BCUT2D eigenvalue weighted by Crippen LogP contribution is -2.17. The molecule has 0 bridgehead atoms. The predicted octanol–water partition coefficient (Wildman–Crippen LogP) is 5.68. The Bertz CT molecular complexity index is 623. The summed E-state index contributed by atoms with van der Waals surface area (Å²) in [5.41, 5.74) is 5.47. The predicted molar refractivity (Wildman–Crippen MR) is 104 cm³/mol. The first-order chi connectivity index (χ1) is 10.4. The first-order valence-corrected chi connectivity index (χ1v) is 7.88. The van der Waals surface area contributed by atoms with Crippen LogP contribution in [0.25, 0.3) is 6.08 Å². The van der Waals surface area contributed by atoms with Gasteiger partial charge in [0, 0.05) is 13.1 Å². The minimum absolute atomic E-state index is 0. The first kappa shape index (κ1) is 19.5. The number of halogens is 1. The molecule has 0 N–H and O–H groups in total. The molecule has 2 aromatic rings. The third kappa shape index (κ3) is 5.85. The molecule has 2 heteroatoms. The van der Waals surface area contributed by atoms with Crippen molar-refractivity contribution >= 4 is 18.5 Å². The Balaban J connectivity index is 0.00000264. The number of hydrogen-bond acceptors (Lipinski definition) is 1. The van der Waals surface area contributed by atoms with E-state index in [0.717, 1.165) is 13.1 Å². The van der Waals surface area contributed by atoms with Crippen molar-refractivity contribution in [2.75, 3.05) is 7.05 Å². The van der Waals surface area contributed by atoms with Crippen LogP contribution in [0.3, 0.4) is 0 Å². The highest BCUT2D eigenvalue weighted by Crippen LogP contribution is 2.22. The highest BCUT2D eigenvalue weighted by molar-refractivity contribution is 5.85. The van der Waals surface area contributed by atoms with Crippen molar-refractivity contribution in [1.29, 1.82) is 0 Å². The second-order valence-corrected chi connectivity index (χ2v) is 7.07. The van der Waals surface area contributed by atoms with Crippen LogP contribution >= 0.6 is 12.4 Å². The second-order valence-electron chi connectivity index (χ2n) is 7.07. The summed E-state index contributed by atoms with van der Waals surface area (Å²) in [7, 11) is 2.16. The molecule has 0 aliphatic heterocycles. The first-order valence-electron chi connectivity index (χ1n) is 7.88. The quantitative estimate of drug-likeness (QED) is 0.682. The molecule has 0 spiro atoms.